The first-order valence-electron chi connectivity index (χ1n) is 10.1. The van der Waals surface area contributed by atoms with Crippen LogP contribution in [-0.2, 0) is 14.2 Å². The van der Waals surface area contributed by atoms with Crippen LogP contribution < -0.4 is 9.80 Å². The van der Waals surface area contributed by atoms with Gasteiger partial charge >= 0.3 is 5.82 Å². The molecule has 0 saturated carbocycles. The van der Waals surface area contributed by atoms with Gasteiger partial charge in [0.25, 0.3) is 5.82 Å². The summed E-state index contributed by atoms with van der Waals surface area (Å²) in [6, 6.07) is 9.44. The molecule has 1 aromatic carbocycles. The monoisotopic (exact) mass is 425 g/mol. The van der Waals surface area contributed by atoms with Gasteiger partial charge in [-0.3, -0.25) is 0 Å². The molecule has 10 nitrogen and oxygen atoms in total. The molecule has 1 aromatic heterocycles. The summed E-state index contributed by atoms with van der Waals surface area (Å²) < 4.78 is 15.9. The third-order valence-electron chi connectivity index (χ3n) is 4.69. The quantitative estimate of drug-likeness (QED) is 0.426. The summed E-state index contributed by atoms with van der Waals surface area (Å²) in [7, 11) is 3.27. The van der Waals surface area contributed by atoms with Crippen LogP contribution in [0.3, 0.4) is 0 Å². The van der Waals surface area contributed by atoms with E-state index in [1.54, 1.807) is 14.2 Å². The van der Waals surface area contributed by atoms with Crippen LogP contribution in [0.25, 0.3) is 4.85 Å². The van der Waals surface area contributed by atoms with Gasteiger partial charge in [-0.1, -0.05) is 29.8 Å². The Balaban J connectivity index is 2.04. The molecule has 164 valence electrons. The number of ether oxygens (including phenoxy) is 3. The van der Waals surface area contributed by atoms with Crippen molar-refractivity contribution in [2.24, 2.45) is 10.2 Å². The lowest BCUT2D eigenvalue weighted by molar-refractivity contribution is 0.122. The van der Waals surface area contributed by atoms with Gasteiger partial charge in [-0.05, 0) is 12.1 Å². The SMILES string of the molecule is [C-]#[N+]c1nc(N2CCOCC2)c(/N=N/c2ccccc2)nc1N(CCOC)CCOC. The first kappa shape index (κ1) is 22.6. The first-order valence-corrected chi connectivity index (χ1v) is 10.1. The Kier molecular flexibility index (Phi) is 8.66. The van der Waals surface area contributed by atoms with Gasteiger partial charge in [-0.2, -0.15) is 0 Å². The van der Waals surface area contributed by atoms with Gasteiger partial charge in [0.1, 0.15) is 0 Å². The third-order valence-corrected chi connectivity index (χ3v) is 4.69. The van der Waals surface area contributed by atoms with Crippen LogP contribution in [0.5, 0.6) is 0 Å². The van der Waals surface area contributed by atoms with Gasteiger partial charge in [0.05, 0.1) is 32.1 Å². The van der Waals surface area contributed by atoms with Crippen molar-refractivity contribution in [1.29, 1.82) is 0 Å². The van der Waals surface area contributed by atoms with Gasteiger partial charge in [0.2, 0.25) is 5.82 Å². The van der Waals surface area contributed by atoms with Gasteiger partial charge in [-0.25, -0.2) is 4.98 Å². The van der Waals surface area contributed by atoms with Crippen molar-refractivity contribution in [2.75, 3.05) is 76.6 Å². The molecule has 0 radical (unpaired) electrons. The molecule has 1 aliphatic rings. The number of morpholine rings is 1. The fourth-order valence-corrected chi connectivity index (χ4v) is 3.07. The Morgan fingerprint density at radius 3 is 2.35 bits per heavy atom. The highest BCUT2D eigenvalue weighted by atomic mass is 16.5. The second kappa shape index (κ2) is 11.9. The Morgan fingerprint density at radius 2 is 1.74 bits per heavy atom. The van der Waals surface area contributed by atoms with E-state index < -0.39 is 0 Å². The van der Waals surface area contributed by atoms with E-state index in [1.165, 1.54) is 0 Å². The number of methoxy groups -OCH3 is 2. The molecule has 0 amide bonds. The van der Waals surface area contributed by atoms with Crippen molar-refractivity contribution >= 4 is 29.0 Å². The molecule has 2 heterocycles. The second-order valence-electron chi connectivity index (χ2n) is 6.74. The van der Waals surface area contributed by atoms with E-state index in [-0.39, 0.29) is 5.82 Å². The summed E-state index contributed by atoms with van der Waals surface area (Å²) >= 11 is 0. The molecule has 0 bridgehead atoms. The fourth-order valence-electron chi connectivity index (χ4n) is 3.07. The zero-order valence-corrected chi connectivity index (χ0v) is 17.9. The van der Waals surface area contributed by atoms with Crippen LogP contribution in [-0.4, -0.2) is 76.8 Å². The molecule has 10 heteroatoms. The van der Waals surface area contributed by atoms with Crippen LogP contribution >= 0.6 is 0 Å². The molecule has 0 unspecified atom stereocenters. The molecule has 1 fully saturated rings. The Bertz CT molecular complexity index is 888. The number of hydrogen-bond donors (Lipinski definition) is 0. The molecule has 0 spiro atoms. The number of azo groups is 1. The number of rotatable bonds is 10. The predicted octanol–water partition coefficient (Wildman–Crippen LogP) is 3.38. The van der Waals surface area contributed by atoms with Crippen LogP contribution in [0.2, 0.25) is 0 Å². The molecule has 2 aromatic rings. The van der Waals surface area contributed by atoms with Crippen molar-refractivity contribution in [3.63, 3.8) is 0 Å². The summed E-state index contributed by atoms with van der Waals surface area (Å²) in [4.78, 5) is 17.0. The lowest BCUT2D eigenvalue weighted by Crippen LogP contribution is -2.37. The maximum absolute atomic E-state index is 7.69. The molecule has 31 heavy (non-hydrogen) atoms. The van der Waals surface area contributed by atoms with E-state index in [4.69, 9.17) is 25.8 Å². The normalized spacial score (nSPS) is 14.0. The van der Waals surface area contributed by atoms with Gasteiger partial charge < -0.3 is 28.9 Å². The molecule has 0 aliphatic carbocycles. The van der Waals surface area contributed by atoms with Crippen LogP contribution in [0, 0.1) is 6.57 Å². The van der Waals surface area contributed by atoms with E-state index >= 15 is 0 Å². The van der Waals surface area contributed by atoms with E-state index in [1.807, 2.05) is 40.1 Å². The zero-order valence-electron chi connectivity index (χ0n) is 17.9. The van der Waals surface area contributed by atoms with Crippen LogP contribution in [0.1, 0.15) is 0 Å². The number of hydrogen-bond acceptors (Lipinski definition) is 9. The van der Waals surface area contributed by atoms with Gasteiger partial charge in [0.15, 0.2) is 5.82 Å². The second-order valence-corrected chi connectivity index (χ2v) is 6.74. The van der Waals surface area contributed by atoms with Gasteiger partial charge in [0, 0.05) is 40.4 Å². The number of anilines is 2. The lowest BCUT2D eigenvalue weighted by atomic mass is 10.3. The molecular formula is C21H27N7O3. The van der Waals surface area contributed by atoms with Crippen molar-refractivity contribution in [3.05, 3.63) is 41.7 Å². The fraction of sp³-hybridized carbons (Fsp3) is 0.476. The van der Waals surface area contributed by atoms with Crippen molar-refractivity contribution in [3.8, 4) is 0 Å². The summed E-state index contributed by atoms with van der Waals surface area (Å²) in [6.07, 6.45) is 0. The van der Waals surface area contributed by atoms with Gasteiger partial charge in [-0.15, -0.1) is 10.2 Å². The molecule has 3 rings (SSSR count). The minimum Gasteiger partial charge on any atom is -0.383 e. The molecule has 0 N–H and O–H groups in total. The Hall–Kier alpha value is -3.13. The van der Waals surface area contributed by atoms with E-state index in [9.17, 15) is 0 Å². The maximum atomic E-state index is 7.69. The average molecular weight is 425 g/mol. The first-order chi connectivity index (χ1) is 15.3. The van der Waals surface area contributed by atoms with Crippen molar-refractivity contribution in [1.82, 2.24) is 9.97 Å². The molecule has 1 saturated heterocycles. The Morgan fingerprint density at radius 1 is 1.06 bits per heavy atom. The minimum absolute atomic E-state index is 0.215. The summed E-state index contributed by atoms with van der Waals surface area (Å²) in [6.45, 7) is 12.2. The molecule has 0 atom stereocenters. The highest BCUT2D eigenvalue weighted by Crippen LogP contribution is 2.35. The van der Waals surface area contributed by atoms with E-state index in [0.29, 0.717) is 75.7 Å². The predicted molar refractivity (Wildman–Crippen MR) is 118 cm³/mol. The highest BCUT2D eigenvalue weighted by Gasteiger charge is 2.26. The summed E-state index contributed by atoms with van der Waals surface area (Å²) in [5.41, 5.74) is 0.712. The molecular weight excluding hydrogens is 398 g/mol. The third kappa shape index (κ3) is 6.18. The average Bonchev–Trinajstić information content (AvgIpc) is 2.83. The van der Waals surface area contributed by atoms with E-state index in [0.717, 1.165) is 0 Å². The van der Waals surface area contributed by atoms with Crippen molar-refractivity contribution in [2.45, 2.75) is 0 Å². The standard InChI is InChI=1S/C21H27N7O3/c1-22-18-20(27(9-13-29-2)10-14-30-3)24-19(26-25-17-7-5-4-6-8-17)21(23-18)28-11-15-31-16-12-28/h4-8H,9-16H2,2-3H3/b26-25+. The summed E-state index contributed by atoms with van der Waals surface area (Å²) in [5.74, 6) is 1.57. The number of benzene rings is 1. The maximum Gasteiger partial charge on any atom is 0.314 e. The van der Waals surface area contributed by atoms with Crippen LogP contribution in [0.15, 0.2) is 40.6 Å². The van der Waals surface area contributed by atoms with Crippen molar-refractivity contribution < 1.29 is 14.2 Å². The topological polar surface area (TPSA) is 89.0 Å². The van der Waals surface area contributed by atoms with E-state index in [2.05, 4.69) is 20.1 Å². The largest absolute Gasteiger partial charge is 0.383 e. The summed E-state index contributed by atoms with van der Waals surface area (Å²) in [5, 5.41) is 8.74. The Labute approximate surface area is 182 Å². The smallest absolute Gasteiger partial charge is 0.314 e. The zero-order chi connectivity index (χ0) is 21.9. The molecule has 1 aliphatic heterocycles. The minimum atomic E-state index is 0.215. The lowest BCUT2D eigenvalue weighted by Gasteiger charge is -2.28. The van der Waals surface area contributed by atoms with Crippen LogP contribution in [0.4, 0.5) is 29.0 Å². The number of aromatic nitrogens is 2. The highest BCUT2D eigenvalue weighted by molar-refractivity contribution is 5.71. The number of nitrogens with zero attached hydrogens (tertiary/aromatic N) is 7.